The van der Waals surface area contributed by atoms with E-state index < -0.39 is 5.54 Å². The second-order valence-electron chi connectivity index (χ2n) is 8.04. The average molecular weight is 440 g/mol. The molecule has 4 nitrogen and oxygen atoms in total. The van der Waals surface area contributed by atoms with E-state index in [1.54, 1.807) is 24.4 Å². The molecule has 0 fully saturated rings. The number of rotatable bonds is 4. The first-order chi connectivity index (χ1) is 15.6. The van der Waals surface area contributed by atoms with E-state index in [1.165, 1.54) is 5.56 Å². The minimum Gasteiger partial charge on any atom is -0.309 e. The number of nitrogens with zero attached hydrogens (tertiary/aromatic N) is 2. The molecule has 0 amide bonds. The third kappa shape index (κ3) is 3.53. The monoisotopic (exact) mass is 439 g/mol. The van der Waals surface area contributed by atoms with Crippen LogP contribution in [-0.4, -0.2) is 9.66 Å². The average Bonchev–Trinajstić information content (AvgIpc) is 2.82. The zero-order chi connectivity index (χ0) is 22.1. The summed E-state index contributed by atoms with van der Waals surface area (Å²) >= 11 is 6.21. The maximum Gasteiger partial charge on any atom is 0.191 e. The number of hydrogen-bond acceptors (Lipinski definition) is 3. The van der Waals surface area contributed by atoms with Gasteiger partial charge < -0.3 is 5.43 Å². The van der Waals surface area contributed by atoms with Crippen LogP contribution in [0.15, 0.2) is 114 Å². The molecule has 0 saturated carbocycles. The van der Waals surface area contributed by atoms with Gasteiger partial charge in [0.2, 0.25) is 0 Å². The summed E-state index contributed by atoms with van der Waals surface area (Å²) in [6.07, 6.45) is 8.35. The van der Waals surface area contributed by atoms with E-state index in [9.17, 15) is 4.79 Å². The molecule has 1 aliphatic rings. The Morgan fingerprint density at radius 3 is 2.44 bits per heavy atom. The van der Waals surface area contributed by atoms with Gasteiger partial charge in [-0.3, -0.25) is 4.79 Å². The fraction of sp³-hybridized carbons (Fsp3) is 0.111. The molecule has 0 saturated heterocycles. The van der Waals surface area contributed by atoms with Gasteiger partial charge in [-0.05, 0) is 36.3 Å². The molecule has 5 rings (SSSR count). The highest BCUT2D eigenvalue weighted by Crippen LogP contribution is 2.44. The Kier molecular flexibility index (Phi) is 5.16. The number of aromatic nitrogens is 2. The van der Waals surface area contributed by atoms with Crippen molar-refractivity contribution in [1.82, 2.24) is 9.66 Å². The second-order valence-corrected chi connectivity index (χ2v) is 8.43. The maximum absolute atomic E-state index is 12.5. The molecule has 4 aromatic rings. The van der Waals surface area contributed by atoms with E-state index in [1.807, 2.05) is 28.9 Å². The number of nitrogens with one attached hydrogen (secondary N) is 1. The van der Waals surface area contributed by atoms with Gasteiger partial charge in [-0.2, -0.15) is 0 Å². The van der Waals surface area contributed by atoms with Gasteiger partial charge in [-0.25, -0.2) is 9.66 Å². The van der Waals surface area contributed by atoms with E-state index in [0.717, 1.165) is 11.1 Å². The van der Waals surface area contributed by atoms with Crippen molar-refractivity contribution in [2.75, 3.05) is 5.43 Å². The molecule has 158 valence electrons. The number of fused-ring (bicyclic) bond motifs is 1. The molecule has 0 aliphatic heterocycles. The SMILES string of the molecule is CC1=CC(Nn2ccc(=O)c3ccc(Cl)nc32)(c2ccccc2)C(c2ccccc2)C=C1. The minimum absolute atomic E-state index is 0.00321. The first-order valence-corrected chi connectivity index (χ1v) is 10.9. The van der Waals surface area contributed by atoms with Crippen LogP contribution in [0.3, 0.4) is 0 Å². The molecule has 0 bridgehead atoms. The van der Waals surface area contributed by atoms with E-state index in [4.69, 9.17) is 11.6 Å². The summed E-state index contributed by atoms with van der Waals surface area (Å²) in [6.45, 7) is 2.09. The summed E-state index contributed by atoms with van der Waals surface area (Å²) in [5, 5.41) is 0.846. The van der Waals surface area contributed by atoms with Crippen molar-refractivity contribution in [3.8, 4) is 0 Å². The summed E-state index contributed by atoms with van der Waals surface area (Å²) in [5.74, 6) is 0.00321. The number of pyridine rings is 2. The van der Waals surface area contributed by atoms with E-state index >= 15 is 0 Å². The molecule has 2 aromatic heterocycles. The summed E-state index contributed by atoms with van der Waals surface area (Å²) < 4.78 is 1.81. The van der Waals surface area contributed by atoms with Crippen LogP contribution in [0.25, 0.3) is 11.0 Å². The molecule has 32 heavy (non-hydrogen) atoms. The third-order valence-electron chi connectivity index (χ3n) is 5.92. The number of allylic oxidation sites excluding steroid dienone is 2. The molecule has 2 aromatic carbocycles. The minimum atomic E-state index is -0.618. The smallest absolute Gasteiger partial charge is 0.191 e. The van der Waals surface area contributed by atoms with Gasteiger partial charge in [0.1, 0.15) is 10.7 Å². The van der Waals surface area contributed by atoms with Crippen molar-refractivity contribution in [3.63, 3.8) is 0 Å². The Labute approximate surface area is 191 Å². The highest BCUT2D eigenvalue weighted by Gasteiger charge is 2.40. The van der Waals surface area contributed by atoms with Crippen LogP contribution >= 0.6 is 11.6 Å². The first kappa shape index (κ1) is 20.3. The van der Waals surface area contributed by atoms with Crippen LogP contribution in [0.5, 0.6) is 0 Å². The largest absolute Gasteiger partial charge is 0.309 e. The van der Waals surface area contributed by atoms with Gasteiger partial charge in [0, 0.05) is 18.2 Å². The third-order valence-corrected chi connectivity index (χ3v) is 6.13. The van der Waals surface area contributed by atoms with Crippen molar-refractivity contribution >= 4 is 22.6 Å². The van der Waals surface area contributed by atoms with Crippen LogP contribution in [0.4, 0.5) is 0 Å². The summed E-state index contributed by atoms with van der Waals surface area (Å²) in [7, 11) is 0. The Morgan fingerprint density at radius 2 is 1.69 bits per heavy atom. The summed E-state index contributed by atoms with van der Waals surface area (Å²) in [6, 6.07) is 25.7. The van der Waals surface area contributed by atoms with Gasteiger partial charge >= 0.3 is 0 Å². The number of halogens is 1. The van der Waals surface area contributed by atoms with Crippen molar-refractivity contribution in [2.45, 2.75) is 18.4 Å². The normalized spacial score (nSPS) is 20.2. The predicted octanol–water partition coefficient (Wildman–Crippen LogP) is 5.79. The Hall–Kier alpha value is -3.63. The lowest BCUT2D eigenvalue weighted by Gasteiger charge is -2.42. The standard InChI is InChI=1S/C27H22ClN3O/c1-19-12-14-23(20-8-4-2-5-9-20)27(18-19,21-10-6-3-7-11-21)30-31-17-16-24(32)22-13-15-25(28)29-26(22)31/h2-18,23,30H,1H3. The van der Waals surface area contributed by atoms with Gasteiger partial charge in [0.25, 0.3) is 0 Å². The molecular weight excluding hydrogens is 418 g/mol. The zero-order valence-electron chi connectivity index (χ0n) is 17.6. The van der Waals surface area contributed by atoms with Crippen LogP contribution in [0, 0.1) is 0 Å². The van der Waals surface area contributed by atoms with Gasteiger partial charge in [0.15, 0.2) is 11.1 Å². The molecule has 0 radical (unpaired) electrons. The number of benzene rings is 2. The molecule has 2 atom stereocenters. The molecule has 1 N–H and O–H groups in total. The van der Waals surface area contributed by atoms with Crippen molar-refractivity contribution < 1.29 is 0 Å². The molecular formula is C27H22ClN3O. The maximum atomic E-state index is 12.5. The Balaban J connectivity index is 1.77. The lowest BCUT2D eigenvalue weighted by Crippen LogP contribution is -2.45. The van der Waals surface area contributed by atoms with Gasteiger partial charge in [-0.1, -0.05) is 90.0 Å². The topological polar surface area (TPSA) is 46.9 Å². The summed E-state index contributed by atoms with van der Waals surface area (Å²) in [5.41, 5.74) is 6.93. The van der Waals surface area contributed by atoms with Gasteiger partial charge in [0.05, 0.1) is 5.39 Å². The summed E-state index contributed by atoms with van der Waals surface area (Å²) in [4.78, 5) is 16.9. The lowest BCUT2D eigenvalue weighted by atomic mass is 9.71. The van der Waals surface area contributed by atoms with Crippen LogP contribution in [0.1, 0.15) is 24.0 Å². The first-order valence-electron chi connectivity index (χ1n) is 10.5. The molecule has 1 aliphatic carbocycles. The highest BCUT2D eigenvalue weighted by molar-refractivity contribution is 6.29. The van der Waals surface area contributed by atoms with Crippen LogP contribution < -0.4 is 10.9 Å². The van der Waals surface area contributed by atoms with Crippen molar-refractivity contribution in [1.29, 1.82) is 0 Å². The Bertz CT molecular complexity index is 1390. The van der Waals surface area contributed by atoms with Crippen molar-refractivity contribution in [3.05, 3.63) is 135 Å². The number of hydrogen-bond donors (Lipinski definition) is 1. The fourth-order valence-corrected chi connectivity index (χ4v) is 4.61. The highest BCUT2D eigenvalue weighted by atomic mass is 35.5. The van der Waals surface area contributed by atoms with Crippen LogP contribution in [0.2, 0.25) is 5.15 Å². The van der Waals surface area contributed by atoms with E-state index in [2.05, 4.69) is 72.0 Å². The Morgan fingerprint density at radius 1 is 0.969 bits per heavy atom. The van der Waals surface area contributed by atoms with Crippen LogP contribution in [-0.2, 0) is 5.54 Å². The van der Waals surface area contributed by atoms with E-state index in [0.29, 0.717) is 16.2 Å². The fourth-order valence-electron chi connectivity index (χ4n) is 4.47. The molecule has 2 unspecified atom stereocenters. The molecule has 5 heteroatoms. The lowest BCUT2D eigenvalue weighted by molar-refractivity contribution is 0.484. The molecule has 0 spiro atoms. The second kappa shape index (κ2) is 8.13. The zero-order valence-corrected chi connectivity index (χ0v) is 18.3. The van der Waals surface area contributed by atoms with Gasteiger partial charge in [-0.15, -0.1) is 0 Å². The quantitative estimate of drug-likeness (QED) is 0.409. The predicted molar refractivity (Wildman–Crippen MR) is 131 cm³/mol. The molecule has 2 heterocycles. The van der Waals surface area contributed by atoms with E-state index in [-0.39, 0.29) is 11.3 Å². The van der Waals surface area contributed by atoms with Crippen molar-refractivity contribution in [2.24, 2.45) is 0 Å².